The van der Waals surface area contributed by atoms with Gasteiger partial charge in [0.25, 0.3) is 0 Å². The summed E-state index contributed by atoms with van der Waals surface area (Å²) in [5.41, 5.74) is 0.906. The van der Waals surface area contributed by atoms with Gasteiger partial charge in [0.15, 0.2) is 0 Å². The highest BCUT2D eigenvalue weighted by Gasteiger charge is 2.35. The molecule has 0 bridgehead atoms. The fourth-order valence-electron chi connectivity index (χ4n) is 2.05. The molecular formula is C17H14BrF3. The van der Waals surface area contributed by atoms with Crippen LogP contribution in [0.25, 0.3) is 4.48 Å². The van der Waals surface area contributed by atoms with Gasteiger partial charge in [-0.25, -0.2) is 0 Å². The summed E-state index contributed by atoms with van der Waals surface area (Å²) in [6.45, 7) is 0. The molecule has 0 fully saturated rings. The minimum atomic E-state index is -4.34. The smallest absolute Gasteiger partial charge is 0.166 e. The highest BCUT2D eigenvalue weighted by Crippen LogP contribution is 2.38. The molecule has 0 saturated carbocycles. The van der Waals surface area contributed by atoms with Crippen molar-refractivity contribution in [2.45, 2.75) is 19.0 Å². The van der Waals surface area contributed by atoms with Crippen LogP contribution >= 0.6 is 15.9 Å². The topological polar surface area (TPSA) is 0 Å². The van der Waals surface area contributed by atoms with Crippen molar-refractivity contribution in [2.24, 2.45) is 0 Å². The summed E-state index contributed by atoms with van der Waals surface area (Å²) in [6.07, 6.45) is -4.04. The van der Waals surface area contributed by atoms with Crippen molar-refractivity contribution in [1.82, 2.24) is 0 Å². The minimum Gasteiger partial charge on any atom is -0.166 e. The van der Waals surface area contributed by atoms with Gasteiger partial charge in [-0.15, -0.1) is 0 Å². The van der Waals surface area contributed by atoms with Crippen LogP contribution in [-0.4, -0.2) is 6.18 Å². The van der Waals surface area contributed by atoms with Crippen LogP contribution in [0.4, 0.5) is 13.2 Å². The highest BCUT2D eigenvalue weighted by atomic mass is 79.9. The van der Waals surface area contributed by atoms with E-state index in [1.165, 1.54) is 0 Å². The van der Waals surface area contributed by atoms with Crippen molar-refractivity contribution >= 4 is 20.4 Å². The summed E-state index contributed by atoms with van der Waals surface area (Å²) in [4.78, 5) is 0. The number of aryl methyl sites for hydroxylation is 1. The van der Waals surface area contributed by atoms with Gasteiger partial charge in [-0.3, -0.25) is 0 Å². The zero-order valence-electron chi connectivity index (χ0n) is 11.2. The molecule has 2 aromatic rings. The second-order valence-corrected chi connectivity index (χ2v) is 5.43. The molecule has 0 radical (unpaired) electrons. The first-order valence-electron chi connectivity index (χ1n) is 6.53. The van der Waals surface area contributed by atoms with Crippen LogP contribution in [0.2, 0.25) is 0 Å². The second kappa shape index (κ2) is 6.94. The molecule has 4 heteroatoms. The van der Waals surface area contributed by atoms with Gasteiger partial charge in [-0.2, -0.15) is 13.2 Å². The number of hydrogen-bond donors (Lipinski definition) is 0. The molecule has 0 amide bonds. The van der Waals surface area contributed by atoms with E-state index in [-0.39, 0.29) is 10.9 Å². The Balaban J connectivity index is 2.27. The zero-order valence-corrected chi connectivity index (χ0v) is 12.8. The lowest BCUT2D eigenvalue weighted by atomic mass is 10.0. The van der Waals surface area contributed by atoms with E-state index in [0.29, 0.717) is 12.0 Å². The molecule has 2 rings (SSSR count). The van der Waals surface area contributed by atoms with Crippen molar-refractivity contribution < 1.29 is 13.2 Å². The summed E-state index contributed by atoms with van der Waals surface area (Å²) >= 11 is 3.12. The van der Waals surface area contributed by atoms with Gasteiger partial charge in [0.1, 0.15) is 0 Å². The van der Waals surface area contributed by atoms with Crippen LogP contribution in [0.1, 0.15) is 17.5 Å². The molecule has 0 aromatic heterocycles. The quantitative estimate of drug-likeness (QED) is 0.632. The molecule has 0 aliphatic carbocycles. The largest absolute Gasteiger partial charge is 0.413 e. The van der Waals surface area contributed by atoms with Crippen LogP contribution in [0.3, 0.4) is 0 Å². The van der Waals surface area contributed by atoms with Crippen molar-refractivity contribution in [3.63, 3.8) is 0 Å². The lowest BCUT2D eigenvalue weighted by Gasteiger charge is -2.15. The number of allylic oxidation sites excluding steroid dienone is 1. The maximum atomic E-state index is 13.3. The summed E-state index contributed by atoms with van der Waals surface area (Å²) < 4.78 is 39.9. The second-order valence-electron chi connectivity index (χ2n) is 4.64. The Labute approximate surface area is 130 Å². The first-order valence-corrected chi connectivity index (χ1v) is 7.33. The zero-order chi connectivity index (χ0) is 15.3. The van der Waals surface area contributed by atoms with Gasteiger partial charge < -0.3 is 0 Å². The van der Waals surface area contributed by atoms with E-state index in [2.05, 4.69) is 15.9 Å². The Morgan fingerprint density at radius 2 is 1.38 bits per heavy atom. The monoisotopic (exact) mass is 354 g/mol. The predicted octanol–water partition coefficient (Wildman–Crippen LogP) is 5.99. The van der Waals surface area contributed by atoms with E-state index in [0.717, 1.165) is 5.56 Å². The fraction of sp³-hybridized carbons (Fsp3) is 0.176. The van der Waals surface area contributed by atoms with E-state index in [1.54, 1.807) is 30.3 Å². The third-order valence-electron chi connectivity index (χ3n) is 3.14. The Bertz CT molecular complexity index is 601. The van der Waals surface area contributed by atoms with E-state index in [9.17, 15) is 13.2 Å². The van der Waals surface area contributed by atoms with Crippen LogP contribution in [0.15, 0.2) is 66.2 Å². The Morgan fingerprint density at radius 1 is 0.857 bits per heavy atom. The van der Waals surface area contributed by atoms with Crippen LogP contribution in [-0.2, 0) is 6.42 Å². The average Bonchev–Trinajstić information content (AvgIpc) is 2.48. The van der Waals surface area contributed by atoms with E-state index >= 15 is 0 Å². The Hall–Kier alpha value is -1.55. The summed E-state index contributed by atoms with van der Waals surface area (Å²) in [5.74, 6) is 0. The van der Waals surface area contributed by atoms with Crippen LogP contribution in [0.5, 0.6) is 0 Å². The lowest BCUT2D eigenvalue weighted by molar-refractivity contribution is -0.0930. The maximum absolute atomic E-state index is 13.3. The maximum Gasteiger partial charge on any atom is 0.413 e. The Morgan fingerprint density at radius 3 is 1.90 bits per heavy atom. The minimum absolute atomic E-state index is 0.0526. The third-order valence-corrected chi connectivity index (χ3v) is 4.08. The van der Waals surface area contributed by atoms with Crippen LogP contribution < -0.4 is 0 Å². The van der Waals surface area contributed by atoms with Gasteiger partial charge in [-0.05, 0) is 39.9 Å². The first-order chi connectivity index (χ1) is 9.98. The standard InChI is InChI=1S/C17H14BrF3/c18-16(14-9-5-2-6-10-14)15(17(19,20)21)12-11-13-7-3-1-4-8-13/h1-10H,11-12H2/b16-15+. The molecule has 0 spiro atoms. The molecule has 2 aromatic carbocycles. The Kier molecular flexibility index (Phi) is 5.23. The number of alkyl halides is 3. The molecule has 0 unspecified atom stereocenters. The van der Waals surface area contributed by atoms with E-state index in [1.807, 2.05) is 30.3 Å². The normalized spacial score (nSPS) is 13.0. The number of hydrogen-bond acceptors (Lipinski definition) is 0. The summed E-state index contributed by atoms with van der Waals surface area (Å²) in [6, 6.07) is 17.7. The number of rotatable bonds is 4. The highest BCUT2D eigenvalue weighted by molar-refractivity contribution is 9.15. The summed E-state index contributed by atoms with van der Waals surface area (Å²) in [5, 5.41) is 0. The first kappa shape index (κ1) is 15.8. The number of halogens is 4. The van der Waals surface area contributed by atoms with Crippen molar-refractivity contribution in [1.29, 1.82) is 0 Å². The van der Waals surface area contributed by atoms with Crippen molar-refractivity contribution in [2.75, 3.05) is 0 Å². The molecule has 0 atom stereocenters. The molecule has 0 N–H and O–H groups in total. The fourth-order valence-corrected chi connectivity index (χ4v) is 2.74. The molecule has 0 heterocycles. The SMILES string of the molecule is FC(F)(F)/C(CCc1ccccc1)=C(/Br)c1ccccc1. The van der Waals surface area contributed by atoms with Gasteiger partial charge in [0.05, 0.1) is 0 Å². The number of benzene rings is 2. The molecule has 0 aliphatic heterocycles. The van der Waals surface area contributed by atoms with Gasteiger partial charge >= 0.3 is 6.18 Å². The van der Waals surface area contributed by atoms with Crippen LogP contribution in [0, 0.1) is 0 Å². The van der Waals surface area contributed by atoms with Crippen molar-refractivity contribution in [3.8, 4) is 0 Å². The molecule has 0 aliphatic rings. The average molecular weight is 355 g/mol. The molecule has 110 valence electrons. The van der Waals surface area contributed by atoms with E-state index in [4.69, 9.17) is 0 Å². The summed E-state index contributed by atoms with van der Waals surface area (Å²) in [7, 11) is 0. The van der Waals surface area contributed by atoms with E-state index < -0.39 is 11.7 Å². The molecular weight excluding hydrogens is 341 g/mol. The lowest BCUT2D eigenvalue weighted by Crippen LogP contribution is -2.14. The third kappa shape index (κ3) is 4.46. The predicted molar refractivity (Wildman–Crippen MR) is 83.1 cm³/mol. The van der Waals surface area contributed by atoms with Crippen molar-refractivity contribution in [3.05, 3.63) is 77.4 Å². The van der Waals surface area contributed by atoms with Gasteiger partial charge in [0, 0.05) is 10.1 Å². The van der Waals surface area contributed by atoms with Gasteiger partial charge in [-0.1, -0.05) is 60.7 Å². The molecule has 0 nitrogen and oxygen atoms in total. The molecule has 0 saturated heterocycles. The van der Waals surface area contributed by atoms with Gasteiger partial charge in [0.2, 0.25) is 0 Å². The molecule has 21 heavy (non-hydrogen) atoms.